The Bertz CT molecular complexity index is 406. The third kappa shape index (κ3) is 2.54. The first-order valence-electron chi connectivity index (χ1n) is 4.77. The molecule has 1 rings (SSSR count). The Kier molecular flexibility index (Phi) is 3.96. The quantitative estimate of drug-likeness (QED) is 0.581. The highest BCUT2D eigenvalue weighted by Crippen LogP contribution is 2.24. The van der Waals surface area contributed by atoms with Crippen LogP contribution in [-0.4, -0.2) is 22.5 Å². The number of carbonyl (C=O) groups is 1. The summed E-state index contributed by atoms with van der Waals surface area (Å²) in [5, 5.41) is 22.4. The van der Waals surface area contributed by atoms with Crippen molar-refractivity contribution in [3.8, 4) is 0 Å². The van der Waals surface area contributed by atoms with E-state index in [-0.39, 0.29) is 11.3 Å². The van der Waals surface area contributed by atoms with Gasteiger partial charge < -0.3 is 10.4 Å². The fraction of sp³-hybridized carbons (Fsp3) is 0.300. The van der Waals surface area contributed by atoms with Crippen molar-refractivity contribution in [2.45, 2.75) is 13.0 Å². The Balaban J connectivity index is 3.17. The van der Waals surface area contributed by atoms with Crippen LogP contribution in [0.3, 0.4) is 0 Å². The van der Waals surface area contributed by atoms with Crippen LogP contribution in [0.5, 0.6) is 0 Å². The smallest absolute Gasteiger partial charge is 0.325 e. The molecule has 0 bridgehead atoms. The van der Waals surface area contributed by atoms with Crippen molar-refractivity contribution in [3.63, 3.8) is 0 Å². The topological polar surface area (TPSA) is 92.5 Å². The van der Waals surface area contributed by atoms with Gasteiger partial charge in [0.15, 0.2) is 0 Å². The molecule has 0 aliphatic heterocycles. The lowest BCUT2D eigenvalue weighted by atomic mass is 10.0. The number of hydrogen-bond acceptors (Lipinski definition) is 4. The third-order valence-corrected chi connectivity index (χ3v) is 2.10. The van der Waals surface area contributed by atoms with E-state index in [9.17, 15) is 14.9 Å². The first-order valence-corrected chi connectivity index (χ1v) is 4.77. The van der Waals surface area contributed by atoms with Gasteiger partial charge in [0.25, 0.3) is 5.69 Å². The standard InChI is InChI=1S/C10H12N2O4/c1-2-11-9(10(13)14)7-5-3-4-6-8(7)12(15)16/h3-6,9,11H,2H2,1H3,(H,13,14). The number of nitrogens with one attached hydrogen (secondary N) is 1. The number of rotatable bonds is 5. The van der Waals surface area contributed by atoms with Crippen LogP contribution >= 0.6 is 0 Å². The van der Waals surface area contributed by atoms with E-state index in [1.807, 2.05) is 0 Å². The largest absolute Gasteiger partial charge is 0.480 e. The van der Waals surface area contributed by atoms with E-state index in [0.29, 0.717) is 6.54 Å². The van der Waals surface area contributed by atoms with E-state index in [1.165, 1.54) is 18.2 Å². The van der Waals surface area contributed by atoms with Crippen LogP contribution in [0, 0.1) is 10.1 Å². The Morgan fingerprint density at radius 2 is 2.19 bits per heavy atom. The lowest BCUT2D eigenvalue weighted by Gasteiger charge is -2.13. The molecule has 0 aromatic heterocycles. The highest BCUT2D eigenvalue weighted by Gasteiger charge is 2.26. The molecule has 0 radical (unpaired) electrons. The molecule has 0 aliphatic rings. The van der Waals surface area contributed by atoms with Crippen molar-refractivity contribution in [2.24, 2.45) is 0 Å². The predicted molar refractivity (Wildman–Crippen MR) is 57.1 cm³/mol. The van der Waals surface area contributed by atoms with E-state index in [2.05, 4.69) is 5.32 Å². The summed E-state index contributed by atoms with van der Waals surface area (Å²) in [5.41, 5.74) is -0.0160. The van der Waals surface area contributed by atoms with Gasteiger partial charge in [-0.05, 0) is 12.6 Å². The monoisotopic (exact) mass is 224 g/mol. The summed E-state index contributed by atoms with van der Waals surface area (Å²) in [5.74, 6) is -1.13. The number of likely N-dealkylation sites (N-methyl/N-ethyl adjacent to an activating group) is 1. The number of carboxylic acids is 1. The molecule has 6 nitrogen and oxygen atoms in total. The maximum atomic E-state index is 11.0. The summed E-state index contributed by atoms with van der Waals surface area (Å²) in [4.78, 5) is 21.1. The van der Waals surface area contributed by atoms with Gasteiger partial charge in [0.2, 0.25) is 0 Å². The minimum absolute atomic E-state index is 0.168. The molecule has 0 saturated heterocycles. The van der Waals surface area contributed by atoms with Crippen LogP contribution in [0.25, 0.3) is 0 Å². The third-order valence-electron chi connectivity index (χ3n) is 2.10. The van der Waals surface area contributed by atoms with Crippen LogP contribution in [0.2, 0.25) is 0 Å². The van der Waals surface area contributed by atoms with Gasteiger partial charge in [-0.15, -0.1) is 0 Å². The number of aliphatic carboxylic acids is 1. The number of para-hydroxylation sites is 1. The summed E-state index contributed by atoms with van der Waals surface area (Å²) in [6.07, 6.45) is 0. The number of hydrogen-bond donors (Lipinski definition) is 2. The van der Waals surface area contributed by atoms with Crippen molar-refractivity contribution in [1.82, 2.24) is 5.32 Å². The van der Waals surface area contributed by atoms with Gasteiger partial charge in [0, 0.05) is 6.07 Å². The van der Waals surface area contributed by atoms with Crippen LogP contribution in [0.4, 0.5) is 5.69 Å². The molecule has 0 heterocycles. The van der Waals surface area contributed by atoms with Crippen molar-refractivity contribution >= 4 is 11.7 Å². The van der Waals surface area contributed by atoms with E-state index in [0.717, 1.165) is 0 Å². The minimum atomic E-state index is -1.13. The highest BCUT2D eigenvalue weighted by atomic mass is 16.6. The second-order valence-corrected chi connectivity index (χ2v) is 3.14. The van der Waals surface area contributed by atoms with E-state index >= 15 is 0 Å². The molecular formula is C10H12N2O4. The molecule has 0 fully saturated rings. The molecule has 2 N–H and O–H groups in total. The summed E-state index contributed by atoms with van der Waals surface area (Å²) in [6.45, 7) is 2.16. The Labute approximate surface area is 92.0 Å². The minimum Gasteiger partial charge on any atom is -0.480 e. The molecule has 0 saturated carbocycles. The highest BCUT2D eigenvalue weighted by molar-refractivity contribution is 5.77. The fourth-order valence-electron chi connectivity index (χ4n) is 1.43. The lowest BCUT2D eigenvalue weighted by Crippen LogP contribution is -2.28. The van der Waals surface area contributed by atoms with E-state index in [4.69, 9.17) is 5.11 Å². The van der Waals surface area contributed by atoms with Gasteiger partial charge in [0.1, 0.15) is 6.04 Å². The van der Waals surface area contributed by atoms with Crippen molar-refractivity contribution in [2.75, 3.05) is 6.54 Å². The maximum absolute atomic E-state index is 11.0. The zero-order valence-corrected chi connectivity index (χ0v) is 8.71. The molecule has 1 aromatic rings. The molecule has 0 amide bonds. The average molecular weight is 224 g/mol. The summed E-state index contributed by atoms with van der Waals surface area (Å²) >= 11 is 0. The van der Waals surface area contributed by atoms with Crippen LogP contribution < -0.4 is 5.32 Å². The van der Waals surface area contributed by atoms with Crippen LogP contribution in [0.1, 0.15) is 18.5 Å². The molecule has 6 heteroatoms. The van der Waals surface area contributed by atoms with Gasteiger partial charge in [-0.3, -0.25) is 14.9 Å². The van der Waals surface area contributed by atoms with Crippen LogP contribution in [0.15, 0.2) is 24.3 Å². The van der Waals surface area contributed by atoms with Gasteiger partial charge in [0.05, 0.1) is 10.5 Å². The summed E-state index contributed by atoms with van der Waals surface area (Å²) < 4.78 is 0. The Morgan fingerprint density at radius 3 is 2.69 bits per heavy atom. The normalized spacial score (nSPS) is 12.1. The van der Waals surface area contributed by atoms with Crippen LogP contribution in [-0.2, 0) is 4.79 Å². The second-order valence-electron chi connectivity index (χ2n) is 3.14. The Morgan fingerprint density at radius 1 is 1.56 bits per heavy atom. The SMILES string of the molecule is CCNC(C(=O)O)c1ccccc1[N+](=O)[O-]. The number of nitro benzene ring substituents is 1. The summed E-state index contributed by atoms with van der Waals surface area (Å²) in [6, 6.07) is 4.77. The molecule has 86 valence electrons. The molecule has 0 spiro atoms. The van der Waals surface area contributed by atoms with Gasteiger partial charge in [-0.2, -0.15) is 0 Å². The second kappa shape index (κ2) is 5.22. The first-order chi connectivity index (χ1) is 7.57. The lowest BCUT2D eigenvalue weighted by molar-refractivity contribution is -0.385. The molecule has 16 heavy (non-hydrogen) atoms. The zero-order chi connectivity index (χ0) is 12.1. The number of nitrogens with zero attached hydrogens (tertiary/aromatic N) is 1. The molecule has 1 unspecified atom stereocenters. The molecule has 1 atom stereocenters. The number of nitro groups is 1. The van der Waals surface area contributed by atoms with Gasteiger partial charge >= 0.3 is 5.97 Å². The van der Waals surface area contributed by atoms with Gasteiger partial charge in [-0.1, -0.05) is 19.1 Å². The van der Waals surface area contributed by atoms with Crippen molar-refractivity contribution in [1.29, 1.82) is 0 Å². The van der Waals surface area contributed by atoms with E-state index in [1.54, 1.807) is 13.0 Å². The van der Waals surface area contributed by atoms with Gasteiger partial charge in [-0.25, -0.2) is 0 Å². The average Bonchev–Trinajstić information content (AvgIpc) is 2.25. The first kappa shape index (κ1) is 12.1. The molecule has 1 aromatic carbocycles. The zero-order valence-electron chi connectivity index (χ0n) is 8.71. The van der Waals surface area contributed by atoms with E-state index < -0.39 is 16.9 Å². The predicted octanol–water partition coefficient (Wildman–Crippen LogP) is 1.33. The molecule has 0 aliphatic carbocycles. The fourth-order valence-corrected chi connectivity index (χ4v) is 1.43. The summed E-state index contributed by atoms with van der Waals surface area (Å²) in [7, 11) is 0. The molecular weight excluding hydrogens is 212 g/mol. The maximum Gasteiger partial charge on any atom is 0.325 e. The van der Waals surface area contributed by atoms with Crippen molar-refractivity contribution in [3.05, 3.63) is 39.9 Å². The number of benzene rings is 1. The number of carboxylic acid groups (broad SMARTS) is 1. The Hall–Kier alpha value is -1.95. The van der Waals surface area contributed by atoms with Crippen molar-refractivity contribution < 1.29 is 14.8 Å².